The summed E-state index contributed by atoms with van der Waals surface area (Å²) in [6, 6.07) is 43.6. The van der Waals surface area contributed by atoms with E-state index in [4.69, 9.17) is 9.47 Å². The average molecular weight is 639 g/mol. The first-order chi connectivity index (χ1) is 23.5. The van der Waals surface area contributed by atoms with Gasteiger partial charge in [0, 0.05) is 31.6 Å². The van der Waals surface area contributed by atoms with Crippen molar-refractivity contribution in [3.63, 3.8) is 0 Å². The molecule has 2 aliphatic rings. The number of hydrogen-bond donors (Lipinski definition) is 1. The lowest BCUT2D eigenvalue weighted by Crippen LogP contribution is -2.39. The molecule has 48 heavy (non-hydrogen) atoms. The second kappa shape index (κ2) is 14.5. The van der Waals surface area contributed by atoms with Gasteiger partial charge in [0.05, 0.1) is 36.5 Å². The molecule has 0 radical (unpaired) electrons. The van der Waals surface area contributed by atoms with E-state index in [0.29, 0.717) is 24.1 Å². The van der Waals surface area contributed by atoms with E-state index in [1.807, 2.05) is 60.7 Å². The van der Waals surface area contributed by atoms with Gasteiger partial charge in [-0.25, -0.2) is 0 Å². The van der Waals surface area contributed by atoms with Crippen LogP contribution in [0.2, 0.25) is 0 Å². The first-order valence-corrected chi connectivity index (χ1v) is 16.4. The summed E-state index contributed by atoms with van der Waals surface area (Å²) in [4.78, 5) is 29.6. The fourth-order valence-electron chi connectivity index (χ4n) is 6.53. The number of benzene rings is 5. The third-order valence-corrected chi connectivity index (χ3v) is 9.05. The highest BCUT2D eigenvalue weighted by Gasteiger charge is 2.36. The summed E-state index contributed by atoms with van der Waals surface area (Å²) in [6.45, 7) is 2.44. The Balaban J connectivity index is 1.11. The second-order valence-corrected chi connectivity index (χ2v) is 12.5. The van der Waals surface area contributed by atoms with Gasteiger partial charge >= 0.3 is 0 Å². The van der Waals surface area contributed by atoms with Gasteiger partial charge in [-0.2, -0.15) is 0 Å². The Hall–Kier alpha value is -4.92. The van der Waals surface area contributed by atoms with Crippen LogP contribution in [0.4, 0.5) is 0 Å². The zero-order valence-electron chi connectivity index (χ0n) is 26.7. The number of rotatable bonds is 11. The largest absolute Gasteiger partial charge is 0.392 e. The predicted octanol–water partition coefficient (Wildman–Crippen LogP) is 7.22. The van der Waals surface area contributed by atoms with Gasteiger partial charge in [-0.05, 0) is 39.9 Å². The molecule has 7 nitrogen and oxygen atoms in total. The maximum atomic E-state index is 12.9. The third-order valence-electron chi connectivity index (χ3n) is 9.05. The number of amides is 2. The maximum absolute atomic E-state index is 12.9. The van der Waals surface area contributed by atoms with Crippen LogP contribution < -0.4 is 0 Å². The van der Waals surface area contributed by atoms with Crippen molar-refractivity contribution in [3.8, 4) is 0 Å². The van der Waals surface area contributed by atoms with E-state index in [9.17, 15) is 14.7 Å². The van der Waals surface area contributed by atoms with Gasteiger partial charge in [0.15, 0.2) is 6.29 Å². The summed E-state index contributed by atoms with van der Waals surface area (Å²) in [6.07, 6.45) is -0.283. The van der Waals surface area contributed by atoms with E-state index in [-0.39, 0.29) is 37.2 Å². The molecule has 0 aromatic heterocycles. The van der Waals surface area contributed by atoms with Crippen LogP contribution in [0.25, 0.3) is 0 Å². The minimum absolute atomic E-state index is 0.0127. The fourth-order valence-corrected chi connectivity index (χ4v) is 6.53. The maximum Gasteiger partial charge on any atom is 0.261 e. The minimum Gasteiger partial charge on any atom is -0.392 e. The molecule has 5 aromatic carbocycles. The van der Waals surface area contributed by atoms with E-state index in [2.05, 4.69) is 53.4 Å². The van der Waals surface area contributed by atoms with E-state index >= 15 is 0 Å². The van der Waals surface area contributed by atoms with Crippen molar-refractivity contribution >= 4 is 11.8 Å². The Morgan fingerprint density at radius 1 is 0.604 bits per heavy atom. The Morgan fingerprint density at radius 3 is 1.69 bits per heavy atom. The summed E-state index contributed by atoms with van der Waals surface area (Å²) >= 11 is 0. The van der Waals surface area contributed by atoms with E-state index in [1.54, 1.807) is 24.3 Å². The molecule has 2 aliphatic heterocycles. The molecule has 7 rings (SSSR count). The summed E-state index contributed by atoms with van der Waals surface area (Å²) in [7, 11) is 0. The molecule has 1 fully saturated rings. The number of ether oxygens (including phenoxy) is 2. The van der Waals surface area contributed by atoms with Gasteiger partial charge in [0.2, 0.25) is 0 Å². The van der Waals surface area contributed by atoms with Crippen LogP contribution in [0.3, 0.4) is 0 Å². The number of hydrogen-bond acceptors (Lipinski definition) is 6. The summed E-state index contributed by atoms with van der Waals surface area (Å²) in [5.41, 5.74) is 6.95. The molecular weight excluding hydrogens is 600 g/mol. The van der Waals surface area contributed by atoms with Crippen LogP contribution >= 0.6 is 0 Å². The predicted molar refractivity (Wildman–Crippen MR) is 183 cm³/mol. The lowest BCUT2D eigenvalue weighted by molar-refractivity contribution is -0.253. The highest BCUT2D eigenvalue weighted by molar-refractivity contribution is 6.21. The number of aliphatic hydroxyl groups is 1. The highest BCUT2D eigenvalue weighted by Crippen LogP contribution is 2.38. The first-order valence-electron chi connectivity index (χ1n) is 16.4. The molecule has 3 unspecified atom stereocenters. The van der Waals surface area contributed by atoms with Crippen molar-refractivity contribution in [3.05, 3.63) is 178 Å². The number of aliphatic hydroxyl groups excluding tert-OH is 1. The van der Waals surface area contributed by atoms with E-state index in [1.165, 1.54) is 16.0 Å². The zero-order chi connectivity index (χ0) is 32.9. The molecule has 2 amide bonds. The van der Waals surface area contributed by atoms with Gasteiger partial charge in [0.1, 0.15) is 0 Å². The molecule has 0 bridgehead atoms. The molecule has 2 heterocycles. The highest BCUT2D eigenvalue weighted by atomic mass is 16.7. The van der Waals surface area contributed by atoms with Crippen LogP contribution in [-0.2, 0) is 35.7 Å². The molecule has 1 N–H and O–H groups in total. The van der Waals surface area contributed by atoms with Crippen molar-refractivity contribution in [2.24, 2.45) is 0 Å². The lowest BCUT2D eigenvalue weighted by Gasteiger charge is -2.38. The van der Waals surface area contributed by atoms with Crippen LogP contribution in [0.15, 0.2) is 133 Å². The van der Waals surface area contributed by atoms with Crippen molar-refractivity contribution in [1.82, 2.24) is 9.80 Å². The van der Waals surface area contributed by atoms with Gasteiger partial charge in [-0.15, -0.1) is 0 Å². The SMILES string of the molecule is O=C1c2ccccc2C(=O)N1Cc1ccc(C2OC(CN(Cc3ccccc3)Cc3ccccc3)CC(c3ccc(CO)cc3)O2)cc1. The van der Waals surface area contributed by atoms with Crippen molar-refractivity contribution < 1.29 is 24.2 Å². The first kappa shape index (κ1) is 31.7. The minimum atomic E-state index is -0.616. The van der Waals surface area contributed by atoms with Gasteiger partial charge in [-0.3, -0.25) is 19.4 Å². The molecule has 0 aliphatic carbocycles. The van der Waals surface area contributed by atoms with Crippen LogP contribution in [-0.4, -0.2) is 39.4 Å². The monoisotopic (exact) mass is 638 g/mol. The fraction of sp³-hybridized carbons (Fsp3) is 0.220. The molecule has 5 aromatic rings. The van der Waals surface area contributed by atoms with Crippen molar-refractivity contribution in [2.45, 2.75) is 51.2 Å². The molecule has 7 heteroatoms. The summed E-state index contributed by atoms with van der Waals surface area (Å²) in [5.74, 6) is -0.542. The normalized spacial score (nSPS) is 19.1. The summed E-state index contributed by atoms with van der Waals surface area (Å²) in [5, 5.41) is 9.60. The number of carbonyl (C=O) groups is 2. The van der Waals surface area contributed by atoms with E-state index in [0.717, 1.165) is 35.3 Å². The number of nitrogens with zero attached hydrogens (tertiary/aromatic N) is 2. The van der Waals surface area contributed by atoms with Crippen LogP contribution in [0.5, 0.6) is 0 Å². The molecule has 0 spiro atoms. The Bertz CT molecular complexity index is 1770. The zero-order valence-corrected chi connectivity index (χ0v) is 26.7. The standard InChI is InChI=1S/C41H38N2O5/c44-28-32-17-19-33(20-18-32)38-23-35(27-42(24-29-9-3-1-4-10-29)25-30-11-5-2-6-12-30)47-41(48-38)34-21-15-31(16-22-34)26-43-39(45)36-13-7-8-14-37(36)40(43)46/h1-22,35,38,41,44H,23-28H2. The molecule has 3 atom stereocenters. The number of fused-ring (bicyclic) bond motifs is 1. The summed E-state index contributed by atoms with van der Waals surface area (Å²) < 4.78 is 13.3. The second-order valence-electron chi connectivity index (χ2n) is 12.5. The molecular formula is C41H38N2O5. The Labute approximate surface area is 281 Å². The van der Waals surface area contributed by atoms with Crippen LogP contribution in [0, 0.1) is 0 Å². The van der Waals surface area contributed by atoms with Crippen molar-refractivity contribution in [2.75, 3.05) is 6.54 Å². The van der Waals surface area contributed by atoms with Crippen LogP contribution in [0.1, 0.15) is 72.9 Å². The number of imide groups is 1. The molecule has 1 saturated heterocycles. The van der Waals surface area contributed by atoms with Crippen molar-refractivity contribution in [1.29, 1.82) is 0 Å². The average Bonchev–Trinajstić information content (AvgIpc) is 3.37. The van der Waals surface area contributed by atoms with Gasteiger partial charge in [0.25, 0.3) is 11.8 Å². The van der Waals surface area contributed by atoms with Gasteiger partial charge in [-0.1, -0.05) is 121 Å². The topological polar surface area (TPSA) is 79.3 Å². The van der Waals surface area contributed by atoms with Gasteiger partial charge < -0.3 is 14.6 Å². The smallest absolute Gasteiger partial charge is 0.261 e. The third kappa shape index (κ3) is 7.15. The quantitative estimate of drug-likeness (QED) is 0.154. The van der Waals surface area contributed by atoms with E-state index < -0.39 is 6.29 Å². The lowest BCUT2D eigenvalue weighted by atomic mass is 9.99. The number of carbonyl (C=O) groups excluding carboxylic acids is 2. The Kier molecular flexibility index (Phi) is 9.54. The molecule has 242 valence electrons. The Morgan fingerprint density at radius 2 is 1.12 bits per heavy atom. The molecule has 0 saturated carbocycles.